The van der Waals surface area contributed by atoms with Crippen molar-refractivity contribution in [1.82, 2.24) is 10.1 Å². The predicted molar refractivity (Wildman–Crippen MR) is 84.7 cm³/mol. The van der Waals surface area contributed by atoms with Gasteiger partial charge in [-0.3, -0.25) is 0 Å². The first-order valence-corrected chi connectivity index (χ1v) is 7.24. The van der Waals surface area contributed by atoms with Gasteiger partial charge < -0.3 is 9.26 Å². The van der Waals surface area contributed by atoms with Crippen LogP contribution in [0, 0.1) is 18.3 Å². The molecule has 0 spiro atoms. The van der Waals surface area contributed by atoms with Gasteiger partial charge in [-0.05, 0) is 37.6 Å². The molecule has 0 bridgehead atoms. The average Bonchev–Trinajstić information content (AvgIpc) is 3.05. The summed E-state index contributed by atoms with van der Waals surface area (Å²) < 4.78 is 11.1. The number of nitrogens with zero attached hydrogens (tertiary/aromatic N) is 3. The molecule has 5 nitrogen and oxygen atoms in total. The quantitative estimate of drug-likeness (QED) is 0.727. The van der Waals surface area contributed by atoms with Gasteiger partial charge in [0, 0.05) is 5.56 Å². The Hall–Kier alpha value is -3.13. The number of ether oxygens (including phenoxy) is 1. The summed E-state index contributed by atoms with van der Waals surface area (Å²) in [4.78, 5) is 4.41. The summed E-state index contributed by atoms with van der Waals surface area (Å²) >= 11 is 0. The lowest BCUT2D eigenvalue weighted by Crippen LogP contribution is -2.03. The number of hydrogen-bond donors (Lipinski definition) is 0. The normalized spacial score (nSPS) is 11.7. The second-order valence-corrected chi connectivity index (χ2v) is 5.17. The molecule has 114 valence electrons. The highest BCUT2D eigenvalue weighted by atomic mass is 16.5. The smallest absolute Gasteiger partial charge is 0.267 e. The van der Waals surface area contributed by atoms with Gasteiger partial charge in [0.15, 0.2) is 6.10 Å². The highest BCUT2D eigenvalue weighted by molar-refractivity contribution is 5.58. The van der Waals surface area contributed by atoms with Crippen LogP contribution in [0.1, 0.15) is 30.0 Å². The van der Waals surface area contributed by atoms with E-state index < -0.39 is 6.10 Å². The molecular formula is C18H15N3O2. The maximum Gasteiger partial charge on any atom is 0.267 e. The molecule has 1 atom stereocenters. The van der Waals surface area contributed by atoms with Crippen LogP contribution in [0.15, 0.2) is 53.1 Å². The van der Waals surface area contributed by atoms with Gasteiger partial charge in [-0.2, -0.15) is 10.2 Å². The first kappa shape index (κ1) is 14.8. The van der Waals surface area contributed by atoms with Gasteiger partial charge in [0.2, 0.25) is 5.82 Å². The van der Waals surface area contributed by atoms with Gasteiger partial charge in [-0.1, -0.05) is 35.5 Å². The van der Waals surface area contributed by atoms with Gasteiger partial charge in [0.05, 0.1) is 11.6 Å². The molecule has 1 aromatic heterocycles. The zero-order valence-electron chi connectivity index (χ0n) is 12.9. The third-order valence-corrected chi connectivity index (χ3v) is 3.45. The highest BCUT2D eigenvalue weighted by Crippen LogP contribution is 2.25. The van der Waals surface area contributed by atoms with Crippen LogP contribution in [0.4, 0.5) is 0 Å². The van der Waals surface area contributed by atoms with Crippen LogP contribution in [-0.2, 0) is 0 Å². The lowest BCUT2D eigenvalue weighted by Gasteiger charge is -2.10. The SMILES string of the molecule is Cc1ccccc1-c1noc(C(C)Oc2cccc(C#N)c2)n1. The molecule has 23 heavy (non-hydrogen) atoms. The maximum atomic E-state index is 8.92. The van der Waals surface area contributed by atoms with Crippen molar-refractivity contribution >= 4 is 0 Å². The topological polar surface area (TPSA) is 71.9 Å². The summed E-state index contributed by atoms with van der Waals surface area (Å²) in [5.74, 6) is 1.53. The molecule has 0 radical (unpaired) electrons. The molecule has 0 amide bonds. The second kappa shape index (κ2) is 6.32. The zero-order chi connectivity index (χ0) is 16.2. The highest BCUT2D eigenvalue weighted by Gasteiger charge is 2.17. The average molecular weight is 305 g/mol. The van der Waals surface area contributed by atoms with Crippen molar-refractivity contribution in [2.45, 2.75) is 20.0 Å². The van der Waals surface area contributed by atoms with Crippen LogP contribution in [0.2, 0.25) is 0 Å². The number of aromatic nitrogens is 2. The van der Waals surface area contributed by atoms with Gasteiger partial charge in [0.1, 0.15) is 5.75 Å². The summed E-state index contributed by atoms with van der Waals surface area (Å²) in [7, 11) is 0. The van der Waals surface area contributed by atoms with Crippen LogP contribution in [-0.4, -0.2) is 10.1 Å². The van der Waals surface area contributed by atoms with Gasteiger partial charge in [-0.15, -0.1) is 0 Å². The Kier molecular flexibility index (Phi) is 4.07. The number of benzene rings is 2. The lowest BCUT2D eigenvalue weighted by molar-refractivity contribution is 0.176. The van der Waals surface area contributed by atoms with Gasteiger partial charge in [-0.25, -0.2) is 0 Å². The molecule has 1 unspecified atom stereocenters. The van der Waals surface area contributed by atoms with Crippen molar-refractivity contribution in [1.29, 1.82) is 5.26 Å². The summed E-state index contributed by atoms with van der Waals surface area (Å²) in [5, 5.41) is 12.9. The number of rotatable bonds is 4. The standard InChI is InChI=1S/C18H15N3O2/c1-12-6-3-4-9-16(12)17-20-18(23-21-17)13(2)22-15-8-5-7-14(10-15)11-19/h3-10,13H,1-2H3. The Labute approximate surface area is 134 Å². The minimum absolute atomic E-state index is 0.394. The molecule has 3 aromatic rings. The summed E-state index contributed by atoms with van der Waals surface area (Å²) in [6.07, 6.45) is -0.408. The Morgan fingerprint density at radius 2 is 2.00 bits per heavy atom. The molecule has 5 heteroatoms. The summed E-state index contributed by atoms with van der Waals surface area (Å²) in [6.45, 7) is 3.83. The first-order valence-electron chi connectivity index (χ1n) is 7.24. The number of aryl methyl sites for hydroxylation is 1. The number of nitriles is 1. The van der Waals surface area contributed by atoms with E-state index in [2.05, 4.69) is 16.2 Å². The lowest BCUT2D eigenvalue weighted by atomic mass is 10.1. The Balaban J connectivity index is 1.80. The van der Waals surface area contributed by atoms with Crippen LogP contribution < -0.4 is 4.74 Å². The van der Waals surface area contributed by atoms with E-state index in [1.165, 1.54) is 0 Å². The van der Waals surface area contributed by atoms with Crippen molar-refractivity contribution in [2.75, 3.05) is 0 Å². The Morgan fingerprint density at radius 1 is 1.17 bits per heavy atom. The van der Waals surface area contributed by atoms with E-state index >= 15 is 0 Å². The third kappa shape index (κ3) is 3.22. The maximum absolute atomic E-state index is 8.92. The van der Waals surface area contributed by atoms with E-state index in [0.29, 0.717) is 23.0 Å². The monoisotopic (exact) mass is 305 g/mol. The molecule has 0 saturated carbocycles. The Bertz CT molecular complexity index is 864. The molecule has 0 N–H and O–H groups in total. The zero-order valence-corrected chi connectivity index (χ0v) is 12.9. The summed E-state index contributed by atoms with van der Waals surface area (Å²) in [6, 6.07) is 16.9. The fourth-order valence-corrected chi connectivity index (χ4v) is 2.23. The van der Waals surface area contributed by atoms with Gasteiger partial charge >= 0.3 is 0 Å². The van der Waals surface area contributed by atoms with Crippen molar-refractivity contribution in [3.05, 3.63) is 65.5 Å². The van der Waals surface area contributed by atoms with Crippen LogP contribution in [0.25, 0.3) is 11.4 Å². The first-order chi connectivity index (χ1) is 11.2. The van der Waals surface area contributed by atoms with Crippen LogP contribution >= 0.6 is 0 Å². The molecule has 0 saturated heterocycles. The minimum Gasteiger partial charge on any atom is -0.481 e. The van der Waals surface area contributed by atoms with Crippen LogP contribution in [0.3, 0.4) is 0 Å². The van der Waals surface area contributed by atoms with E-state index in [0.717, 1.165) is 11.1 Å². The molecule has 3 rings (SSSR count). The van der Waals surface area contributed by atoms with E-state index in [1.54, 1.807) is 24.3 Å². The third-order valence-electron chi connectivity index (χ3n) is 3.45. The second-order valence-electron chi connectivity index (χ2n) is 5.17. The van der Waals surface area contributed by atoms with E-state index in [9.17, 15) is 0 Å². The largest absolute Gasteiger partial charge is 0.481 e. The predicted octanol–water partition coefficient (Wildman–Crippen LogP) is 4.06. The molecule has 1 heterocycles. The molecule has 2 aromatic carbocycles. The van der Waals surface area contributed by atoms with E-state index in [1.807, 2.05) is 38.1 Å². The molecular weight excluding hydrogens is 290 g/mol. The molecule has 0 fully saturated rings. The van der Waals surface area contributed by atoms with Crippen molar-refractivity contribution in [3.63, 3.8) is 0 Å². The van der Waals surface area contributed by atoms with Gasteiger partial charge in [0.25, 0.3) is 5.89 Å². The fraction of sp³-hybridized carbons (Fsp3) is 0.167. The molecule has 0 aliphatic rings. The molecule has 0 aliphatic carbocycles. The van der Waals surface area contributed by atoms with E-state index in [-0.39, 0.29) is 0 Å². The number of hydrogen-bond acceptors (Lipinski definition) is 5. The minimum atomic E-state index is -0.408. The van der Waals surface area contributed by atoms with Crippen molar-refractivity contribution < 1.29 is 9.26 Å². The van der Waals surface area contributed by atoms with Crippen LogP contribution in [0.5, 0.6) is 5.75 Å². The summed E-state index contributed by atoms with van der Waals surface area (Å²) in [5.41, 5.74) is 2.55. The van der Waals surface area contributed by atoms with E-state index in [4.69, 9.17) is 14.5 Å². The Morgan fingerprint density at radius 3 is 2.78 bits per heavy atom. The van der Waals surface area contributed by atoms with Crippen molar-refractivity contribution in [3.8, 4) is 23.2 Å². The fourth-order valence-electron chi connectivity index (χ4n) is 2.23. The van der Waals surface area contributed by atoms with Crippen molar-refractivity contribution in [2.24, 2.45) is 0 Å². The molecule has 0 aliphatic heterocycles.